The maximum atomic E-state index is 12.9. The molecule has 1 aromatic heterocycles. The minimum Gasteiger partial charge on any atom is -0.352 e. The number of nitro benzene ring substituents is 1. The molecule has 4 rings (SSSR count). The quantitative estimate of drug-likeness (QED) is 0.391. The van der Waals surface area contributed by atoms with Gasteiger partial charge in [0.15, 0.2) is 5.82 Å². The summed E-state index contributed by atoms with van der Waals surface area (Å²) in [6.45, 7) is 1.38. The minimum absolute atomic E-state index is 0.0283. The molecular formula is C20H17Cl2N5O4S. The van der Waals surface area contributed by atoms with Crippen molar-refractivity contribution in [3.63, 3.8) is 0 Å². The summed E-state index contributed by atoms with van der Waals surface area (Å²) in [4.78, 5) is 12.2. The van der Waals surface area contributed by atoms with Crippen LogP contribution in [0.15, 0.2) is 59.5 Å². The number of nitrogens with zero attached hydrogens (tertiary/aromatic N) is 5. The highest BCUT2D eigenvalue weighted by Crippen LogP contribution is 2.29. The van der Waals surface area contributed by atoms with Gasteiger partial charge in [0.25, 0.3) is 5.69 Å². The van der Waals surface area contributed by atoms with E-state index in [1.165, 1.54) is 28.6 Å². The molecule has 2 heterocycles. The Balaban J connectivity index is 1.43. The number of hydrogen-bond acceptors (Lipinski definition) is 7. The number of sulfonamides is 1. The van der Waals surface area contributed by atoms with Crippen LogP contribution in [0.2, 0.25) is 10.0 Å². The molecular weight excluding hydrogens is 477 g/mol. The fourth-order valence-corrected chi connectivity index (χ4v) is 5.31. The van der Waals surface area contributed by atoms with Crippen LogP contribution in [0.3, 0.4) is 0 Å². The Morgan fingerprint density at radius 3 is 2.16 bits per heavy atom. The molecule has 3 aromatic rings. The standard InChI is InChI=1S/C20H17Cl2N5O4S/c21-14-1-6-17(18(22)13-14)19-7-8-20(24-23-19)25-9-11-26(12-10-25)32(30,31)16-4-2-15(3-5-16)27(28)29/h1-8,13H,9-12H2. The van der Waals surface area contributed by atoms with Gasteiger partial charge in [0, 0.05) is 48.9 Å². The zero-order valence-electron chi connectivity index (χ0n) is 16.6. The van der Waals surface area contributed by atoms with Crippen molar-refractivity contribution in [1.29, 1.82) is 0 Å². The highest BCUT2D eigenvalue weighted by molar-refractivity contribution is 7.89. The van der Waals surface area contributed by atoms with E-state index in [9.17, 15) is 18.5 Å². The van der Waals surface area contributed by atoms with Gasteiger partial charge in [-0.1, -0.05) is 23.2 Å². The van der Waals surface area contributed by atoms with Gasteiger partial charge >= 0.3 is 0 Å². The van der Waals surface area contributed by atoms with Gasteiger partial charge in [-0.3, -0.25) is 10.1 Å². The van der Waals surface area contributed by atoms with E-state index in [2.05, 4.69) is 10.2 Å². The molecule has 1 aliphatic rings. The van der Waals surface area contributed by atoms with Crippen molar-refractivity contribution in [2.24, 2.45) is 0 Å². The Bertz CT molecular complexity index is 1250. The van der Waals surface area contributed by atoms with E-state index in [-0.39, 0.29) is 23.7 Å². The number of halogens is 2. The molecule has 12 heteroatoms. The normalized spacial score (nSPS) is 15.0. The summed E-state index contributed by atoms with van der Waals surface area (Å²) < 4.78 is 27.1. The fraction of sp³-hybridized carbons (Fsp3) is 0.200. The maximum Gasteiger partial charge on any atom is 0.269 e. The lowest BCUT2D eigenvalue weighted by Gasteiger charge is -2.34. The van der Waals surface area contributed by atoms with Gasteiger partial charge in [-0.15, -0.1) is 10.2 Å². The van der Waals surface area contributed by atoms with E-state index in [4.69, 9.17) is 23.2 Å². The van der Waals surface area contributed by atoms with E-state index >= 15 is 0 Å². The number of nitro groups is 1. The van der Waals surface area contributed by atoms with Crippen LogP contribution < -0.4 is 4.90 Å². The lowest BCUT2D eigenvalue weighted by atomic mass is 10.1. The Morgan fingerprint density at radius 2 is 1.59 bits per heavy atom. The van der Waals surface area contributed by atoms with Crippen LogP contribution >= 0.6 is 23.2 Å². The van der Waals surface area contributed by atoms with Crippen molar-refractivity contribution >= 4 is 44.7 Å². The third-order valence-corrected chi connectivity index (χ3v) is 7.57. The monoisotopic (exact) mass is 493 g/mol. The van der Waals surface area contributed by atoms with E-state index in [1.807, 2.05) is 11.0 Å². The van der Waals surface area contributed by atoms with Crippen molar-refractivity contribution in [1.82, 2.24) is 14.5 Å². The summed E-state index contributed by atoms with van der Waals surface area (Å²) in [5.41, 5.74) is 1.17. The van der Waals surface area contributed by atoms with Crippen molar-refractivity contribution < 1.29 is 13.3 Å². The molecule has 0 aliphatic carbocycles. The molecule has 0 radical (unpaired) electrons. The first kappa shape index (κ1) is 22.4. The molecule has 0 bridgehead atoms. The molecule has 0 N–H and O–H groups in total. The summed E-state index contributed by atoms with van der Waals surface area (Å²) in [5.74, 6) is 0.631. The second-order valence-electron chi connectivity index (χ2n) is 7.04. The molecule has 0 unspecified atom stereocenters. The van der Waals surface area contributed by atoms with Crippen LogP contribution in [0.1, 0.15) is 0 Å². The Labute approximate surface area is 194 Å². The number of piperazine rings is 1. The van der Waals surface area contributed by atoms with Crippen LogP contribution in [0.4, 0.5) is 11.5 Å². The Morgan fingerprint density at radius 1 is 0.906 bits per heavy atom. The van der Waals surface area contributed by atoms with Gasteiger partial charge < -0.3 is 4.90 Å². The van der Waals surface area contributed by atoms with Crippen molar-refractivity contribution in [2.75, 3.05) is 31.1 Å². The zero-order chi connectivity index (χ0) is 22.9. The topological polar surface area (TPSA) is 110 Å². The van der Waals surface area contributed by atoms with Gasteiger partial charge in [0.05, 0.1) is 20.5 Å². The van der Waals surface area contributed by atoms with E-state index in [1.54, 1.807) is 24.3 Å². The average molecular weight is 494 g/mol. The number of hydrogen-bond donors (Lipinski definition) is 0. The Kier molecular flexibility index (Phi) is 6.29. The van der Waals surface area contributed by atoms with Crippen LogP contribution in [0, 0.1) is 10.1 Å². The lowest BCUT2D eigenvalue weighted by Crippen LogP contribution is -2.48. The van der Waals surface area contributed by atoms with Gasteiger partial charge in [0.2, 0.25) is 10.0 Å². The molecule has 1 saturated heterocycles. The third kappa shape index (κ3) is 4.53. The van der Waals surface area contributed by atoms with Crippen LogP contribution in [-0.2, 0) is 10.0 Å². The number of aromatic nitrogens is 2. The fourth-order valence-electron chi connectivity index (χ4n) is 3.38. The molecule has 0 amide bonds. The molecule has 9 nitrogen and oxygen atoms in total. The highest BCUT2D eigenvalue weighted by Gasteiger charge is 2.29. The average Bonchev–Trinajstić information content (AvgIpc) is 2.79. The molecule has 166 valence electrons. The number of anilines is 1. The number of rotatable bonds is 5. The van der Waals surface area contributed by atoms with Crippen LogP contribution in [-0.4, -0.2) is 54.0 Å². The summed E-state index contributed by atoms with van der Waals surface area (Å²) in [6.07, 6.45) is 0. The van der Waals surface area contributed by atoms with Gasteiger partial charge in [-0.25, -0.2) is 8.42 Å². The van der Waals surface area contributed by atoms with Crippen molar-refractivity contribution in [2.45, 2.75) is 4.90 Å². The summed E-state index contributed by atoms with van der Waals surface area (Å²) in [6, 6.07) is 13.6. The highest BCUT2D eigenvalue weighted by atomic mass is 35.5. The predicted octanol–water partition coefficient (Wildman–Crippen LogP) is 3.87. The zero-order valence-corrected chi connectivity index (χ0v) is 18.9. The van der Waals surface area contributed by atoms with Crippen molar-refractivity contribution in [3.8, 4) is 11.3 Å². The smallest absolute Gasteiger partial charge is 0.269 e. The molecule has 0 atom stereocenters. The summed E-state index contributed by atoms with van der Waals surface area (Å²) in [5, 5.41) is 20.3. The van der Waals surface area contributed by atoms with Gasteiger partial charge in [-0.05, 0) is 42.5 Å². The second-order valence-corrected chi connectivity index (χ2v) is 9.82. The largest absolute Gasteiger partial charge is 0.352 e. The molecule has 0 saturated carbocycles. The Hall–Kier alpha value is -2.79. The second kappa shape index (κ2) is 8.99. The van der Waals surface area contributed by atoms with Gasteiger partial charge in [0.1, 0.15) is 0 Å². The molecule has 1 fully saturated rings. The summed E-state index contributed by atoms with van der Waals surface area (Å²) >= 11 is 12.2. The van der Waals surface area contributed by atoms with Crippen molar-refractivity contribution in [3.05, 3.63) is 74.8 Å². The van der Waals surface area contributed by atoms with E-state index in [0.29, 0.717) is 40.2 Å². The first-order chi connectivity index (χ1) is 15.3. The first-order valence-corrected chi connectivity index (χ1v) is 11.7. The summed E-state index contributed by atoms with van der Waals surface area (Å²) in [7, 11) is -3.74. The SMILES string of the molecule is O=[N+]([O-])c1ccc(S(=O)(=O)N2CCN(c3ccc(-c4ccc(Cl)cc4Cl)nn3)CC2)cc1. The molecule has 2 aromatic carbocycles. The molecule has 0 spiro atoms. The first-order valence-electron chi connectivity index (χ1n) is 9.54. The number of benzene rings is 2. The lowest BCUT2D eigenvalue weighted by molar-refractivity contribution is -0.384. The van der Waals surface area contributed by atoms with Crippen LogP contribution in [0.5, 0.6) is 0 Å². The predicted molar refractivity (Wildman–Crippen MR) is 122 cm³/mol. The van der Waals surface area contributed by atoms with Crippen LogP contribution in [0.25, 0.3) is 11.3 Å². The molecule has 1 aliphatic heterocycles. The van der Waals surface area contributed by atoms with Gasteiger partial charge in [-0.2, -0.15) is 4.31 Å². The third-order valence-electron chi connectivity index (χ3n) is 5.11. The van der Waals surface area contributed by atoms with E-state index in [0.717, 1.165) is 0 Å². The van der Waals surface area contributed by atoms with E-state index < -0.39 is 14.9 Å². The maximum absolute atomic E-state index is 12.9. The number of non-ortho nitro benzene ring substituents is 1. The molecule has 32 heavy (non-hydrogen) atoms. The minimum atomic E-state index is -3.74.